The molecule has 140 valence electrons. The topological polar surface area (TPSA) is 91.3 Å². The van der Waals surface area contributed by atoms with Gasteiger partial charge in [0.1, 0.15) is 11.5 Å². The van der Waals surface area contributed by atoms with Gasteiger partial charge < -0.3 is 24.1 Å². The maximum absolute atomic E-state index is 11.7. The Bertz CT molecular complexity index is 723. The molecule has 0 aromatic heterocycles. The van der Waals surface area contributed by atoms with E-state index in [9.17, 15) is 14.7 Å². The third kappa shape index (κ3) is 5.72. The van der Waals surface area contributed by atoms with E-state index in [1.165, 1.54) is 24.3 Å². The lowest BCUT2D eigenvalue weighted by atomic mass is 10.3. The smallest absolute Gasteiger partial charge is 0.424 e. The van der Waals surface area contributed by atoms with Crippen LogP contribution in [0.15, 0.2) is 86.0 Å². The highest BCUT2D eigenvalue weighted by Gasteiger charge is 2.49. The summed E-state index contributed by atoms with van der Waals surface area (Å²) < 4.78 is 20.8. The van der Waals surface area contributed by atoms with Crippen LogP contribution in [0.25, 0.3) is 0 Å². The van der Waals surface area contributed by atoms with Crippen molar-refractivity contribution in [2.24, 2.45) is 0 Å². The Balaban J connectivity index is 2.41. The second-order valence-corrected chi connectivity index (χ2v) is 5.07. The number of rotatable bonds is 9. The van der Waals surface area contributed by atoms with E-state index in [0.717, 1.165) is 12.2 Å². The van der Waals surface area contributed by atoms with Crippen molar-refractivity contribution in [2.45, 2.75) is 12.3 Å². The molecule has 27 heavy (non-hydrogen) atoms. The Hall–Kier alpha value is -3.58. The molecule has 0 saturated carbocycles. The minimum atomic E-state index is -2.69. The van der Waals surface area contributed by atoms with E-state index in [2.05, 4.69) is 13.2 Å². The molecule has 0 amide bonds. The van der Waals surface area contributed by atoms with Crippen LogP contribution in [0.3, 0.4) is 0 Å². The number of benzene rings is 2. The van der Waals surface area contributed by atoms with Crippen molar-refractivity contribution in [1.29, 1.82) is 0 Å². The second kappa shape index (κ2) is 9.21. The molecule has 0 spiro atoms. The highest BCUT2D eigenvalue weighted by Crippen LogP contribution is 2.26. The molecule has 0 radical (unpaired) electrons. The third-order valence-electron chi connectivity index (χ3n) is 3.09. The van der Waals surface area contributed by atoms with Gasteiger partial charge in [-0.25, -0.2) is 9.59 Å². The molecule has 2 rings (SSSR count). The Labute approximate surface area is 156 Å². The van der Waals surface area contributed by atoms with Gasteiger partial charge in [0.2, 0.25) is 0 Å². The normalized spacial score (nSPS) is 10.6. The average molecular weight is 370 g/mol. The molecule has 0 bridgehead atoms. The summed E-state index contributed by atoms with van der Waals surface area (Å²) in [5, 5.41) is 11.0. The van der Waals surface area contributed by atoms with Gasteiger partial charge in [-0.05, 0) is 24.3 Å². The van der Waals surface area contributed by atoms with Gasteiger partial charge >= 0.3 is 24.2 Å². The zero-order valence-corrected chi connectivity index (χ0v) is 14.3. The van der Waals surface area contributed by atoms with Crippen LogP contribution in [0.5, 0.6) is 11.5 Å². The van der Waals surface area contributed by atoms with Crippen molar-refractivity contribution in [1.82, 2.24) is 0 Å². The van der Waals surface area contributed by atoms with E-state index in [-0.39, 0.29) is 11.5 Å². The predicted octanol–water partition coefficient (Wildman–Crippen LogP) is 2.58. The SMILES string of the molecule is C=CC(=O)OC(OC(=O)C=C)C(O)(Oc1ccccc1)Oc1ccccc1. The van der Waals surface area contributed by atoms with Crippen LogP contribution in [-0.2, 0) is 19.1 Å². The standard InChI is InChI=1S/C20H18O7/c1-3-17(21)24-19(25-18(22)4-2)20(23,26-15-11-7-5-8-12-15)27-16-13-9-6-10-14-16/h3-14,19,23H,1-2H2. The second-order valence-electron chi connectivity index (χ2n) is 5.07. The van der Waals surface area contributed by atoms with Gasteiger partial charge in [0, 0.05) is 12.2 Å². The van der Waals surface area contributed by atoms with Crippen molar-refractivity contribution in [3.8, 4) is 11.5 Å². The van der Waals surface area contributed by atoms with Gasteiger partial charge in [0.25, 0.3) is 0 Å². The minimum Gasteiger partial charge on any atom is -0.424 e. The van der Waals surface area contributed by atoms with Crippen molar-refractivity contribution in [3.63, 3.8) is 0 Å². The van der Waals surface area contributed by atoms with Gasteiger partial charge in [-0.15, -0.1) is 0 Å². The molecule has 0 heterocycles. The van der Waals surface area contributed by atoms with Crippen molar-refractivity contribution in [2.75, 3.05) is 0 Å². The highest BCUT2D eigenvalue weighted by molar-refractivity contribution is 5.83. The minimum absolute atomic E-state index is 0.172. The zero-order valence-electron chi connectivity index (χ0n) is 14.3. The summed E-state index contributed by atoms with van der Waals surface area (Å²) in [6.45, 7) is 6.53. The Morgan fingerprint density at radius 2 is 1.19 bits per heavy atom. The molecule has 2 aromatic carbocycles. The quantitative estimate of drug-likeness (QED) is 0.412. The van der Waals surface area contributed by atoms with Crippen molar-refractivity contribution < 1.29 is 33.6 Å². The maximum Gasteiger partial charge on any atom is 0.449 e. The van der Waals surface area contributed by atoms with Crippen LogP contribution in [0, 0.1) is 0 Å². The van der Waals surface area contributed by atoms with Crippen molar-refractivity contribution in [3.05, 3.63) is 86.0 Å². The molecule has 0 aliphatic heterocycles. The number of hydrogen-bond donors (Lipinski definition) is 1. The largest absolute Gasteiger partial charge is 0.449 e. The summed E-state index contributed by atoms with van der Waals surface area (Å²) >= 11 is 0. The van der Waals surface area contributed by atoms with Gasteiger partial charge in [0.05, 0.1) is 0 Å². The van der Waals surface area contributed by atoms with Gasteiger partial charge in [-0.2, -0.15) is 0 Å². The average Bonchev–Trinajstić information content (AvgIpc) is 2.68. The zero-order chi connectivity index (χ0) is 19.7. The first-order chi connectivity index (χ1) is 13.0. The molecule has 7 nitrogen and oxygen atoms in total. The third-order valence-corrected chi connectivity index (χ3v) is 3.09. The number of carbonyl (C=O) groups is 2. The summed E-state index contributed by atoms with van der Waals surface area (Å²) in [6.07, 6.45) is -0.311. The van der Waals surface area contributed by atoms with Crippen LogP contribution in [0.1, 0.15) is 0 Å². The first kappa shape index (κ1) is 19.7. The van der Waals surface area contributed by atoms with Crippen LogP contribution in [0.4, 0.5) is 0 Å². The molecule has 0 atom stereocenters. The molecule has 7 heteroatoms. The Morgan fingerprint density at radius 3 is 1.52 bits per heavy atom. The molecule has 1 N–H and O–H groups in total. The van der Waals surface area contributed by atoms with Crippen LogP contribution < -0.4 is 9.47 Å². The summed E-state index contributed by atoms with van der Waals surface area (Å²) in [5.41, 5.74) is 0. The molecular weight excluding hydrogens is 352 g/mol. The number of ether oxygens (including phenoxy) is 4. The van der Waals surface area contributed by atoms with E-state index < -0.39 is 24.2 Å². The molecule has 0 fully saturated rings. The maximum atomic E-state index is 11.7. The first-order valence-electron chi connectivity index (χ1n) is 7.83. The fourth-order valence-electron chi connectivity index (χ4n) is 1.91. The molecule has 0 saturated heterocycles. The van der Waals surface area contributed by atoms with E-state index in [0.29, 0.717) is 0 Å². The first-order valence-corrected chi connectivity index (χ1v) is 7.83. The molecular formula is C20H18O7. The molecule has 0 aliphatic rings. The van der Waals surface area contributed by atoms with E-state index in [1.54, 1.807) is 36.4 Å². The Kier molecular flexibility index (Phi) is 6.73. The number of aliphatic hydroxyl groups is 1. The van der Waals surface area contributed by atoms with E-state index >= 15 is 0 Å². The lowest BCUT2D eigenvalue weighted by molar-refractivity contribution is -0.367. The highest BCUT2D eigenvalue weighted by atomic mass is 16.9. The molecule has 0 aliphatic carbocycles. The number of esters is 2. The summed E-state index contributed by atoms with van der Waals surface area (Å²) in [4.78, 5) is 23.3. The molecule has 0 unspecified atom stereocenters. The van der Waals surface area contributed by atoms with E-state index in [4.69, 9.17) is 18.9 Å². The fraction of sp³-hybridized carbons (Fsp3) is 0.100. The number of para-hydroxylation sites is 2. The lowest BCUT2D eigenvalue weighted by Crippen LogP contribution is -2.56. The summed E-state index contributed by atoms with van der Waals surface area (Å²) in [6, 6.07) is 16.2. The van der Waals surface area contributed by atoms with Crippen LogP contribution in [0.2, 0.25) is 0 Å². The van der Waals surface area contributed by atoms with E-state index in [1.807, 2.05) is 0 Å². The van der Waals surface area contributed by atoms with Gasteiger partial charge in [-0.3, -0.25) is 0 Å². The molecule has 2 aromatic rings. The van der Waals surface area contributed by atoms with Gasteiger partial charge in [0.15, 0.2) is 0 Å². The summed E-state index contributed by atoms with van der Waals surface area (Å²) in [5.74, 6) is -4.29. The monoisotopic (exact) mass is 370 g/mol. The van der Waals surface area contributed by atoms with Crippen LogP contribution >= 0.6 is 0 Å². The van der Waals surface area contributed by atoms with Crippen LogP contribution in [-0.4, -0.2) is 29.3 Å². The van der Waals surface area contributed by atoms with Gasteiger partial charge in [-0.1, -0.05) is 49.6 Å². The van der Waals surface area contributed by atoms with Crippen molar-refractivity contribution >= 4 is 11.9 Å². The Morgan fingerprint density at radius 1 is 0.815 bits per heavy atom. The summed E-state index contributed by atoms with van der Waals surface area (Å²) in [7, 11) is 0. The number of hydrogen-bond acceptors (Lipinski definition) is 7. The fourth-order valence-corrected chi connectivity index (χ4v) is 1.91. The predicted molar refractivity (Wildman–Crippen MR) is 95.5 cm³/mol. The lowest BCUT2D eigenvalue weighted by Gasteiger charge is -2.33. The number of carbonyl (C=O) groups excluding carboxylic acids is 2.